The Morgan fingerprint density at radius 1 is 1.12 bits per heavy atom. The molecule has 2 aromatic carbocycles. The first-order chi connectivity index (χ1) is 12.0. The minimum Gasteiger partial charge on any atom is -0.338 e. The topological polar surface area (TPSA) is 37.6 Å². The number of nitrogens with one attached hydrogen (secondary N) is 1. The van der Waals surface area contributed by atoms with Crippen molar-refractivity contribution in [2.24, 2.45) is 0 Å². The van der Waals surface area contributed by atoms with E-state index in [1.807, 2.05) is 42.2 Å². The molecule has 1 aromatic heterocycles. The number of hydrogen-bond donors (Lipinski definition) is 1. The highest BCUT2D eigenvalue weighted by molar-refractivity contribution is 7.22. The van der Waals surface area contributed by atoms with Crippen molar-refractivity contribution in [2.75, 3.05) is 32.1 Å². The van der Waals surface area contributed by atoms with Gasteiger partial charge in [0.15, 0.2) is 5.13 Å². The molecule has 1 heterocycles. The molecule has 25 heavy (non-hydrogen) atoms. The molecule has 5 heteroatoms. The lowest BCUT2D eigenvalue weighted by Gasteiger charge is -2.20. The van der Waals surface area contributed by atoms with E-state index in [1.165, 1.54) is 4.90 Å². The minimum atomic E-state index is 0.0120. The first-order valence-electron chi connectivity index (χ1n) is 8.49. The number of benzene rings is 2. The van der Waals surface area contributed by atoms with E-state index in [2.05, 4.69) is 33.2 Å². The number of carbonyl (C=O) groups is 1. The number of hydrogen-bond acceptors (Lipinski definition) is 3. The number of fused-ring (bicyclic) bond motifs is 1. The van der Waals surface area contributed by atoms with Crippen molar-refractivity contribution in [3.8, 4) is 0 Å². The fourth-order valence-electron chi connectivity index (χ4n) is 2.66. The number of amides is 1. The summed E-state index contributed by atoms with van der Waals surface area (Å²) < 4.78 is 1.12. The van der Waals surface area contributed by atoms with Crippen molar-refractivity contribution in [1.82, 2.24) is 4.98 Å². The molecule has 0 saturated heterocycles. The van der Waals surface area contributed by atoms with Gasteiger partial charge in [0.05, 0.1) is 37.4 Å². The molecule has 3 aromatic rings. The summed E-state index contributed by atoms with van der Waals surface area (Å²) in [6.07, 6.45) is 0. The Bertz CT molecular complexity index is 884. The molecule has 0 bridgehead atoms. The van der Waals surface area contributed by atoms with Crippen LogP contribution in [-0.4, -0.2) is 38.1 Å². The lowest BCUT2D eigenvalue weighted by atomic mass is 10.1. The van der Waals surface area contributed by atoms with E-state index < -0.39 is 0 Å². The number of rotatable bonds is 5. The molecule has 0 fully saturated rings. The molecule has 1 amide bonds. The standard InChI is InChI=1S/C20H23N3OS/c1-14-8-10-16(11-9-14)19(24)23(13-12-22(3)4)20-21-18-15(2)6-5-7-17(18)25-20/h5-11H,12-13H2,1-4H3/p+1. The number of anilines is 1. The van der Waals surface area contributed by atoms with Crippen LogP contribution < -0.4 is 9.80 Å². The Morgan fingerprint density at radius 3 is 2.48 bits per heavy atom. The van der Waals surface area contributed by atoms with Gasteiger partial charge in [-0.1, -0.05) is 41.2 Å². The van der Waals surface area contributed by atoms with Gasteiger partial charge in [-0.05, 0) is 37.6 Å². The zero-order chi connectivity index (χ0) is 18.0. The smallest absolute Gasteiger partial charge is 0.260 e. The number of para-hydroxylation sites is 1. The molecule has 130 valence electrons. The van der Waals surface area contributed by atoms with Gasteiger partial charge in [-0.3, -0.25) is 9.69 Å². The van der Waals surface area contributed by atoms with Gasteiger partial charge in [-0.2, -0.15) is 0 Å². The number of thiazole rings is 1. The van der Waals surface area contributed by atoms with Crippen LogP contribution in [0.4, 0.5) is 5.13 Å². The molecule has 0 aliphatic heterocycles. The monoisotopic (exact) mass is 354 g/mol. The lowest BCUT2D eigenvalue weighted by molar-refractivity contribution is -0.856. The Hall–Kier alpha value is -2.24. The second-order valence-electron chi connectivity index (χ2n) is 6.70. The van der Waals surface area contributed by atoms with Crippen LogP contribution in [0, 0.1) is 13.8 Å². The fourth-order valence-corrected chi connectivity index (χ4v) is 3.73. The molecular formula is C20H24N3OS+. The molecule has 0 spiro atoms. The summed E-state index contributed by atoms with van der Waals surface area (Å²) >= 11 is 1.58. The maximum Gasteiger partial charge on any atom is 0.260 e. The summed E-state index contributed by atoms with van der Waals surface area (Å²) in [5.41, 5.74) is 3.98. The maximum atomic E-state index is 13.1. The second kappa shape index (κ2) is 7.33. The highest BCUT2D eigenvalue weighted by Gasteiger charge is 2.22. The summed E-state index contributed by atoms with van der Waals surface area (Å²) in [6.45, 7) is 5.60. The third-order valence-corrected chi connectivity index (χ3v) is 5.26. The van der Waals surface area contributed by atoms with Gasteiger partial charge >= 0.3 is 0 Å². The van der Waals surface area contributed by atoms with Crippen LogP contribution in [0.15, 0.2) is 42.5 Å². The molecule has 3 rings (SSSR count). The van der Waals surface area contributed by atoms with Gasteiger partial charge in [0.2, 0.25) is 0 Å². The number of nitrogens with zero attached hydrogens (tertiary/aromatic N) is 2. The van der Waals surface area contributed by atoms with Gasteiger partial charge in [0, 0.05) is 5.56 Å². The van der Waals surface area contributed by atoms with Crippen molar-refractivity contribution in [3.63, 3.8) is 0 Å². The maximum absolute atomic E-state index is 13.1. The second-order valence-corrected chi connectivity index (χ2v) is 7.71. The average molecular weight is 354 g/mol. The highest BCUT2D eigenvalue weighted by Crippen LogP contribution is 2.31. The number of carbonyl (C=O) groups excluding carboxylic acids is 1. The van der Waals surface area contributed by atoms with Crippen LogP contribution in [-0.2, 0) is 0 Å². The molecular weight excluding hydrogens is 330 g/mol. The zero-order valence-corrected chi connectivity index (χ0v) is 16.0. The van der Waals surface area contributed by atoms with Crippen molar-refractivity contribution in [2.45, 2.75) is 13.8 Å². The number of aryl methyl sites for hydroxylation is 2. The third-order valence-electron chi connectivity index (χ3n) is 4.22. The Labute approximate surface area is 152 Å². The fraction of sp³-hybridized carbons (Fsp3) is 0.300. The Balaban J connectivity index is 1.99. The van der Waals surface area contributed by atoms with E-state index >= 15 is 0 Å². The minimum absolute atomic E-state index is 0.0120. The SMILES string of the molecule is Cc1ccc(C(=O)N(CC[NH+](C)C)c2nc3c(C)cccc3s2)cc1. The predicted octanol–water partition coefficient (Wildman–Crippen LogP) is 2.70. The van der Waals surface area contributed by atoms with Crippen molar-refractivity contribution >= 4 is 32.6 Å². The Morgan fingerprint density at radius 2 is 1.84 bits per heavy atom. The van der Waals surface area contributed by atoms with Crippen LogP contribution >= 0.6 is 11.3 Å². The number of likely N-dealkylation sites (N-methyl/N-ethyl adjacent to an activating group) is 1. The molecule has 0 unspecified atom stereocenters. The first-order valence-corrected chi connectivity index (χ1v) is 9.31. The van der Waals surface area contributed by atoms with Gasteiger partial charge in [-0.25, -0.2) is 4.98 Å². The molecule has 0 aliphatic carbocycles. The lowest BCUT2D eigenvalue weighted by Crippen LogP contribution is -3.06. The highest BCUT2D eigenvalue weighted by atomic mass is 32.1. The van der Waals surface area contributed by atoms with E-state index in [9.17, 15) is 4.79 Å². The summed E-state index contributed by atoms with van der Waals surface area (Å²) in [4.78, 5) is 21.0. The first kappa shape index (κ1) is 17.6. The van der Waals surface area contributed by atoms with Crippen LogP contribution in [0.5, 0.6) is 0 Å². The zero-order valence-electron chi connectivity index (χ0n) is 15.2. The van der Waals surface area contributed by atoms with E-state index in [4.69, 9.17) is 4.98 Å². The van der Waals surface area contributed by atoms with Crippen LogP contribution in [0.1, 0.15) is 21.5 Å². The van der Waals surface area contributed by atoms with Gasteiger partial charge in [0.1, 0.15) is 0 Å². The molecule has 0 saturated carbocycles. The summed E-state index contributed by atoms with van der Waals surface area (Å²) in [5, 5.41) is 0.774. The number of quaternary nitrogens is 1. The summed E-state index contributed by atoms with van der Waals surface area (Å²) in [7, 11) is 4.19. The van der Waals surface area contributed by atoms with E-state index in [0.29, 0.717) is 12.1 Å². The summed E-state index contributed by atoms with van der Waals surface area (Å²) in [5.74, 6) is 0.0120. The van der Waals surface area contributed by atoms with E-state index in [1.54, 1.807) is 11.3 Å². The quantitative estimate of drug-likeness (QED) is 0.765. The molecule has 4 nitrogen and oxygen atoms in total. The number of aromatic nitrogens is 1. The van der Waals surface area contributed by atoms with Crippen molar-refractivity contribution in [3.05, 3.63) is 59.2 Å². The largest absolute Gasteiger partial charge is 0.338 e. The molecule has 0 atom stereocenters. The predicted molar refractivity (Wildman–Crippen MR) is 105 cm³/mol. The van der Waals surface area contributed by atoms with Crippen molar-refractivity contribution in [1.29, 1.82) is 0 Å². The normalized spacial score (nSPS) is 11.2. The van der Waals surface area contributed by atoms with Crippen LogP contribution in [0.2, 0.25) is 0 Å². The molecule has 0 radical (unpaired) electrons. The van der Waals surface area contributed by atoms with Gasteiger partial charge in [0.25, 0.3) is 5.91 Å². The Kier molecular flexibility index (Phi) is 5.16. The van der Waals surface area contributed by atoms with E-state index in [-0.39, 0.29) is 5.91 Å². The molecule has 1 N–H and O–H groups in total. The van der Waals surface area contributed by atoms with Gasteiger partial charge < -0.3 is 4.90 Å². The molecule has 0 aliphatic rings. The van der Waals surface area contributed by atoms with Crippen molar-refractivity contribution < 1.29 is 9.69 Å². The van der Waals surface area contributed by atoms with Crippen LogP contribution in [0.25, 0.3) is 10.2 Å². The third kappa shape index (κ3) is 3.89. The van der Waals surface area contributed by atoms with Crippen LogP contribution in [0.3, 0.4) is 0 Å². The average Bonchev–Trinajstić information content (AvgIpc) is 3.00. The van der Waals surface area contributed by atoms with Gasteiger partial charge in [-0.15, -0.1) is 0 Å². The summed E-state index contributed by atoms with van der Waals surface area (Å²) in [6, 6.07) is 13.9. The van der Waals surface area contributed by atoms with E-state index in [0.717, 1.165) is 33.0 Å².